The molecule has 1 aromatic carbocycles. The lowest BCUT2D eigenvalue weighted by molar-refractivity contribution is -0.147. The van der Waals surface area contributed by atoms with Crippen LogP contribution in [0.5, 0.6) is 5.75 Å². The highest BCUT2D eigenvalue weighted by Gasteiger charge is 2.42. The van der Waals surface area contributed by atoms with Gasteiger partial charge in [-0.05, 0) is 31.2 Å². The molecule has 1 fully saturated rings. The Hall–Kier alpha value is -1.50. The van der Waals surface area contributed by atoms with Crippen molar-refractivity contribution in [1.82, 2.24) is 10.6 Å². The average Bonchev–Trinajstić information content (AvgIpc) is 2.87. The van der Waals surface area contributed by atoms with Crippen LogP contribution < -0.4 is 15.4 Å². The molecule has 114 valence electrons. The fourth-order valence-electron chi connectivity index (χ4n) is 2.07. The lowest BCUT2D eigenvalue weighted by Crippen LogP contribution is -2.57. The monoisotopic (exact) mass is 332 g/mol. The summed E-state index contributed by atoms with van der Waals surface area (Å²) >= 11 is 11.7. The van der Waals surface area contributed by atoms with E-state index in [4.69, 9.17) is 27.9 Å². The van der Waals surface area contributed by atoms with Crippen molar-refractivity contribution in [1.29, 1.82) is 0 Å². The molecule has 0 radical (unpaired) electrons. The number of hydrogen-bond acceptors (Lipinski definition) is 4. The Morgan fingerprint density at radius 2 is 2.19 bits per heavy atom. The van der Waals surface area contributed by atoms with E-state index in [-0.39, 0.29) is 18.2 Å². The summed E-state index contributed by atoms with van der Waals surface area (Å²) in [5.74, 6) is -1.28. The summed E-state index contributed by atoms with van der Waals surface area (Å²) in [6.07, 6.45) is 0.329. The van der Waals surface area contributed by atoms with E-state index < -0.39 is 17.4 Å². The second-order valence-electron chi connectivity index (χ2n) is 4.73. The number of halogens is 2. The maximum absolute atomic E-state index is 11.9. The van der Waals surface area contributed by atoms with E-state index in [2.05, 4.69) is 10.6 Å². The number of carbonyl (C=O) groups is 2. The largest absolute Gasteiger partial charge is 0.482 e. The van der Waals surface area contributed by atoms with Gasteiger partial charge in [0.05, 0.1) is 5.02 Å². The normalized spacial score (nSPS) is 21.0. The fourth-order valence-corrected chi connectivity index (χ4v) is 2.54. The quantitative estimate of drug-likeness (QED) is 0.756. The molecule has 1 aliphatic rings. The van der Waals surface area contributed by atoms with E-state index in [1.165, 1.54) is 6.07 Å². The van der Waals surface area contributed by atoms with E-state index in [0.717, 1.165) is 0 Å². The highest BCUT2D eigenvalue weighted by molar-refractivity contribution is 6.35. The van der Waals surface area contributed by atoms with E-state index >= 15 is 0 Å². The molecule has 0 saturated carbocycles. The van der Waals surface area contributed by atoms with Crippen LogP contribution in [0.25, 0.3) is 0 Å². The highest BCUT2D eigenvalue weighted by atomic mass is 35.5. The first kappa shape index (κ1) is 15.9. The number of rotatable bonds is 5. The van der Waals surface area contributed by atoms with Gasteiger partial charge in [0.1, 0.15) is 5.75 Å². The molecule has 1 saturated heterocycles. The zero-order valence-corrected chi connectivity index (χ0v) is 12.5. The van der Waals surface area contributed by atoms with Crippen molar-refractivity contribution in [2.75, 3.05) is 19.7 Å². The molecule has 1 atom stereocenters. The maximum Gasteiger partial charge on any atom is 0.330 e. The van der Waals surface area contributed by atoms with Crippen LogP contribution in [0.4, 0.5) is 0 Å². The van der Waals surface area contributed by atoms with E-state index in [9.17, 15) is 14.7 Å². The van der Waals surface area contributed by atoms with E-state index in [0.29, 0.717) is 23.7 Å². The Labute approximate surface area is 131 Å². The Balaban J connectivity index is 1.94. The van der Waals surface area contributed by atoms with Gasteiger partial charge in [-0.2, -0.15) is 0 Å². The van der Waals surface area contributed by atoms with Gasteiger partial charge in [-0.3, -0.25) is 4.79 Å². The molecule has 0 aromatic heterocycles. The third-order valence-corrected chi connectivity index (χ3v) is 3.73. The smallest absolute Gasteiger partial charge is 0.330 e. The summed E-state index contributed by atoms with van der Waals surface area (Å²) in [6, 6.07) is 4.62. The average molecular weight is 333 g/mol. The molecule has 0 aliphatic carbocycles. The van der Waals surface area contributed by atoms with Crippen molar-refractivity contribution in [2.45, 2.75) is 12.0 Å². The number of nitrogens with one attached hydrogen (secondary N) is 2. The Morgan fingerprint density at radius 1 is 1.43 bits per heavy atom. The van der Waals surface area contributed by atoms with Crippen LogP contribution in [0.3, 0.4) is 0 Å². The van der Waals surface area contributed by atoms with Gasteiger partial charge in [-0.25, -0.2) is 4.79 Å². The van der Waals surface area contributed by atoms with Gasteiger partial charge in [-0.15, -0.1) is 0 Å². The lowest BCUT2D eigenvalue weighted by atomic mass is 9.99. The molecule has 21 heavy (non-hydrogen) atoms. The number of aliphatic carboxylic acids is 1. The summed E-state index contributed by atoms with van der Waals surface area (Å²) in [6.45, 7) is 0.405. The first-order valence-corrected chi connectivity index (χ1v) is 7.01. The molecule has 1 unspecified atom stereocenters. The minimum absolute atomic E-state index is 0.190. The van der Waals surface area contributed by atoms with Gasteiger partial charge < -0.3 is 20.5 Å². The van der Waals surface area contributed by atoms with Crippen LogP contribution in [0.15, 0.2) is 18.2 Å². The van der Waals surface area contributed by atoms with Crippen molar-refractivity contribution in [3.63, 3.8) is 0 Å². The number of benzene rings is 1. The standard InChI is InChI=1S/C13H14Cl2N2O4/c14-8-1-2-10(9(15)5-8)21-6-11(18)17-13(12(19)20)3-4-16-7-13/h1-2,5,16H,3-4,6-7H2,(H,17,18)(H,19,20). The van der Waals surface area contributed by atoms with Crippen molar-refractivity contribution >= 4 is 35.1 Å². The third kappa shape index (κ3) is 3.78. The van der Waals surface area contributed by atoms with Crippen LogP contribution in [-0.2, 0) is 9.59 Å². The fraction of sp³-hybridized carbons (Fsp3) is 0.385. The minimum atomic E-state index is -1.27. The second kappa shape index (κ2) is 6.51. The summed E-state index contributed by atoms with van der Waals surface area (Å²) in [5.41, 5.74) is -1.27. The van der Waals surface area contributed by atoms with Gasteiger partial charge in [-0.1, -0.05) is 23.2 Å². The van der Waals surface area contributed by atoms with Crippen molar-refractivity contribution in [3.05, 3.63) is 28.2 Å². The Bertz CT molecular complexity index is 559. The number of amides is 1. The van der Waals surface area contributed by atoms with E-state index in [1.54, 1.807) is 12.1 Å². The molecule has 2 rings (SSSR count). The van der Waals surface area contributed by atoms with Crippen LogP contribution in [0.1, 0.15) is 6.42 Å². The summed E-state index contributed by atoms with van der Waals surface area (Å²) in [5, 5.41) is 15.4. The molecule has 1 heterocycles. The molecular weight excluding hydrogens is 319 g/mol. The van der Waals surface area contributed by atoms with Gasteiger partial charge >= 0.3 is 5.97 Å². The van der Waals surface area contributed by atoms with Crippen LogP contribution >= 0.6 is 23.2 Å². The lowest BCUT2D eigenvalue weighted by Gasteiger charge is -2.24. The summed E-state index contributed by atoms with van der Waals surface area (Å²) in [7, 11) is 0. The van der Waals surface area contributed by atoms with Crippen LogP contribution in [0, 0.1) is 0 Å². The van der Waals surface area contributed by atoms with Gasteiger partial charge in [0.15, 0.2) is 12.1 Å². The molecule has 6 nitrogen and oxygen atoms in total. The first-order valence-electron chi connectivity index (χ1n) is 6.26. The maximum atomic E-state index is 11.9. The molecule has 1 amide bonds. The van der Waals surface area contributed by atoms with E-state index in [1.807, 2.05) is 0 Å². The van der Waals surface area contributed by atoms with Crippen molar-refractivity contribution < 1.29 is 19.4 Å². The molecule has 0 bridgehead atoms. The number of ether oxygens (including phenoxy) is 1. The van der Waals surface area contributed by atoms with Crippen LogP contribution in [-0.4, -0.2) is 42.2 Å². The third-order valence-electron chi connectivity index (χ3n) is 3.20. The predicted octanol–water partition coefficient (Wildman–Crippen LogP) is 1.31. The van der Waals surface area contributed by atoms with Gasteiger partial charge in [0.25, 0.3) is 5.91 Å². The number of carbonyl (C=O) groups excluding carboxylic acids is 1. The number of carboxylic acid groups (broad SMARTS) is 1. The molecular formula is C13H14Cl2N2O4. The highest BCUT2D eigenvalue weighted by Crippen LogP contribution is 2.27. The molecule has 0 spiro atoms. The zero-order valence-electron chi connectivity index (χ0n) is 11.0. The summed E-state index contributed by atoms with van der Waals surface area (Å²) < 4.78 is 5.27. The number of hydrogen-bond donors (Lipinski definition) is 3. The Kier molecular flexibility index (Phi) is 4.92. The Morgan fingerprint density at radius 3 is 2.76 bits per heavy atom. The number of carboxylic acids is 1. The van der Waals surface area contributed by atoms with Gasteiger partial charge in [0.2, 0.25) is 0 Å². The molecule has 1 aromatic rings. The second-order valence-corrected chi connectivity index (χ2v) is 5.57. The summed E-state index contributed by atoms with van der Waals surface area (Å²) in [4.78, 5) is 23.2. The van der Waals surface area contributed by atoms with Crippen molar-refractivity contribution in [2.24, 2.45) is 0 Å². The zero-order chi connectivity index (χ0) is 15.5. The minimum Gasteiger partial charge on any atom is -0.482 e. The molecule has 8 heteroatoms. The van der Waals surface area contributed by atoms with Crippen LogP contribution in [0.2, 0.25) is 10.0 Å². The van der Waals surface area contributed by atoms with Gasteiger partial charge in [0, 0.05) is 11.6 Å². The predicted molar refractivity (Wildman–Crippen MR) is 78.0 cm³/mol. The topological polar surface area (TPSA) is 87.7 Å². The first-order chi connectivity index (χ1) is 9.93. The van der Waals surface area contributed by atoms with Crippen molar-refractivity contribution in [3.8, 4) is 5.75 Å². The molecule has 1 aliphatic heterocycles. The molecule has 3 N–H and O–H groups in total. The SMILES string of the molecule is O=C(COc1ccc(Cl)cc1Cl)NC1(C(=O)O)CCNC1.